The van der Waals surface area contributed by atoms with Crippen molar-refractivity contribution in [3.05, 3.63) is 46.9 Å². The molecule has 1 heterocycles. The fraction of sp³-hybridized carbons (Fsp3) is 0.286. The maximum atomic E-state index is 13.4. The van der Waals surface area contributed by atoms with E-state index in [0.717, 1.165) is 0 Å². The molecule has 0 saturated carbocycles. The number of para-hydroxylation sites is 2. The quantitative estimate of drug-likeness (QED) is 0.753. The summed E-state index contributed by atoms with van der Waals surface area (Å²) < 4.78 is 43.8. The zero-order valence-corrected chi connectivity index (χ0v) is 18.3. The second-order valence-electron chi connectivity index (χ2n) is 6.50. The zero-order chi connectivity index (χ0) is 22.1. The number of allylic oxidation sites excluding steroid dienone is 1. The van der Waals surface area contributed by atoms with Gasteiger partial charge in [-0.05, 0) is 37.6 Å². The minimum Gasteiger partial charge on any atom is -0.495 e. The van der Waals surface area contributed by atoms with Gasteiger partial charge < -0.3 is 19.5 Å². The molecule has 8 nitrogen and oxygen atoms in total. The van der Waals surface area contributed by atoms with Gasteiger partial charge in [0.2, 0.25) is 0 Å². The predicted molar refractivity (Wildman–Crippen MR) is 116 cm³/mol. The van der Waals surface area contributed by atoms with Crippen molar-refractivity contribution in [1.82, 2.24) is 0 Å². The maximum Gasteiger partial charge on any atom is 0.270 e. The van der Waals surface area contributed by atoms with Crippen molar-refractivity contribution in [3.8, 4) is 17.2 Å². The van der Waals surface area contributed by atoms with Crippen LogP contribution in [0, 0.1) is 0 Å². The van der Waals surface area contributed by atoms with Crippen molar-refractivity contribution in [2.75, 3.05) is 37.5 Å². The third kappa shape index (κ3) is 3.45. The summed E-state index contributed by atoms with van der Waals surface area (Å²) in [7, 11) is 0.352. The maximum absolute atomic E-state index is 13.4. The third-order valence-corrected chi connectivity index (χ3v) is 6.95. The van der Waals surface area contributed by atoms with Gasteiger partial charge in [0.25, 0.3) is 15.9 Å². The van der Waals surface area contributed by atoms with Crippen LogP contribution >= 0.6 is 0 Å². The summed E-state index contributed by atoms with van der Waals surface area (Å²) in [5, 5.41) is 2.66. The van der Waals surface area contributed by atoms with Gasteiger partial charge in [-0.15, -0.1) is 0 Å². The minimum absolute atomic E-state index is 0.142. The van der Waals surface area contributed by atoms with E-state index in [1.807, 2.05) is 0 Å². The zero-order valence-electron chi connectivity index (χ0n) is 17.5. The number of nitrogens with zero attached hydrogens (tertiary/aromatic N) is 1. The lowest BCUT2D eigenvalue weighted by Crippen LogP contribution is -2.39. The Bertz CT molecular complexity index is 1120. The highest BCUT2D eigenvalue weighted by Crippen LogP contribution is 2.45. The molecule has 2 aromatic carbocycles. The number of anilines is 2. The molecule has 1 aliphatic heterocycles. The molecule has 1 aliphatic rings. The van der Waals surface area contributed by atoms with Crippen LogP contribution in [-0.2, 0) is 14.8 Å². The molecular weight excluding hydrogens is 408 g/mol. The number of carbonyl (C=O) groups is 1. The summed E-state index contributed by atoms with van der Waals surface area (Å²) in [4.78, 5) is 12.8. The van der Waals surface area contributed by atoms with Gasteiger partial charge >= 0.3 is 0 Å². The van der Waals surface area contributed by atoms with Crippen LogP contribution in [0.3, 0.4) is 0 Å². The Labute approximate surface area is 176 Å². The molecule has 0 aliphatic carbocycles. The van der Waals surface area contributed by atoms with Crippen molar-refractivity contribution < 1.29 is 27.4 Å². The largest absolute Gasteiger partial charge is 0.495 e. The van der Waals surface area contributed by atoms with E-state index in [0.29, 0.717) is 39.8 Å². The Morgan fingerprint density at radius 3 is 2.20 bits per heavy atom. The number of amides is 1. The lowest BCUT2D eigenvalue weighted by atomic mass is 10.0. The Hall–Kier alpha value is -3.20. The molecule has 0 radical (unpaired) electrons. The molecule has 2 aromatic rings. The van der Waals surface area contributed by atoms with Gasteiger partial charge in [0.15, 0.2) is 16.4 Å². The molecule has 0 spiro atoms. The second kappa shape index (κ2) is 8.27. The van der Waals surface area contributed by atoms with E-state index >= 15 is 0 Å². The smallest absolute Gasteiger partial charge is 0.270 e. The van der Waals surface area contributed by atoms with Crippen LogP contribution in [-0.4, -0.2) is 42.2 Å². The average Bonchev–Trinajstić information content (AvgIpc) is 2.73. The first-order valence-electron chi connectivity index (χ1n) is 9.24. The van der Waals surface area contributed by atoms with Crippen molar-refractivity contribution in [1.29, 1.82) is 0 Å². The Morgan fingerprint density at radius 2 is 1.60 bits per heavy atom. The number of carbonyl (C=O) groups excluding carboxylic acids is 1. The third-order valence-electron chi connectivity index (χ3n) is 4.91. The first-order chi connectivity index (χ1) is 14.3. The topological polar surface area (TPSA) is 94.2 Å². The molecule has 1 N–H and O–H groups in total. The molecule has 0 saturated heterocycles. The molecule has 0 atom stereocenters. The van der Waals surface area contributed by atoms with Crippen molar-refractivity contribution in [3.63, 3.8) is 0 Å². The van der Waals surface area contributed by atoms with Crippen molar-refractivity contribution in [2.24, 2.45) is 0 Å². The van der Waals surface area contributed by atoms with Gasteiger partial charge in [-0.25, -0.2) is 8.42 Å². The minimum atomic E-state index is -4.10. The van der Waals surface area contributed by atoms with Crippen LogP contribution in [0.25, 0.3) is 5.57 Å². The van der Waals surface area contributed by atoms with E-state index in [9.17, 15) is 13.2 Å². The number of methoxy groups -OCH3 is 3. The van der Waals surface area contributed by atoms with Crippen LogP contribution in [0.1, 0.15) is 19.4 Å². The summed E-state index contributed by atoms with van der Waals surface area (Å²) in [5.41, 5.74) is 1.71. The van der Waals surface area contributed by atoms with Crippen LogP contribution in [0.4, 0.5) is 11.4 Å². The second-order valence-corrected chi connectivity index (χ2v) is 8.30. The number of hydrogen-bond acceptors (Lipinski definition) is 6. The number of rotatable bonds is 6. The first kappa shape index (κ1) is 21.5. The Morgan fingerprint density at radius 1 is 1.00 bits per heavy atom. The number of fused-ring (bicyclic) bond motifs is 1. The van der Waals surface area contributed by atoms with Crippen molar-refractivity contribution in [2.45, 2.75) is 13.8 Å². The molecule has 1 amide bonds. The molecule has 0 bridgehead atoms. The number of ether oxygens (including phenoxy) is 3. The van der Waals surface area contributed by atoms with Gasteiger partial charge in [0.1, 0.15) is 5.75 Å². The number of nitrogens with one attached hydrogen (secondary N) is 1. The highest BCUT2D eigenvalue weighted by Gasteiger charge is 2.39. The average molecular weight is 432 g/mol. The standard InChI is InChI=1S/C21H24N2O6S/c1-6-23-16-12-19(29-5)18(28-4)11-14(16)13(2)20(30(23,25)26)21(24)22-15-9-7-8-10-17(15)27-3/h7-12H,6H2,1-5H3,(H,22,24). The molecule has 0 aromatic heterocycles. The SMILES string of the molecule is CCN1c2cc(OC)c(OC)cc2C(C)=C(C(=O)Nc2ccccc2OC)S1(=O)=O. The predicted octanol–water partition coefficient (Wildman–Crippen LogP) is 3.25. The highest BCUT2D eigenvalue weighted by molar-refractivity contribution is 7.97. The van der Waals surface area contributed by atoms with E-state index in [1.165, 1.54) is 25.6 Å². The molecular formula is C21H24N2O6S. The highest BCUT2D eigenvalue weighted by atomic mass is 32.2. The van der Waals surface area contributed by atoms with Crippen LogP contribution in [0.15, 0.2) is 41.3 Å². The number of sulfonamides is 1. The molecule has 0 unspecified atom stereocenters. The Kier molecular flexibility index (Phi) is 5.93. The lowest BCUT2D eigenvalue weighted by Gasteiger charge is -2.32. The number of hydrogen-bond donors (Lipinski definition) is 1. The van der Waals surface area contributed by atoms with E-state index < -0.39 is 15.9 Å². The van der Waals surface area contributed by atoms with E-state index in [2.05, 4.69) is 5.32 Å². The molecule has 30 heavy (non-hydrogen) atoms. The van der Waals surface area contributed by atoms with Gasteiger partial charge in [0.05, 0.1) is 32.7 Å². The molecule has 160 valence electrons. The monoisotopic (exact) mass is 432 g/mol. The van der Waals surface area contributed by atoms with Crippen LogP contribution in [0.2, 0.25) is 0 Å². The van der Waals surface area contributed by atoms with Gasteiger partial charge in [0, 0.05) is 18.2 Å². The Balaban J connectivity index is 2.19. The fourth-order valence-electron chi connectivity index (χ4n) is 3.49. The lowest BCUT2D eigenvalue weighted by molar-refractivity contribution is -0.112. The van der Waals surface area contributed by atoms with E-state index in [4.69, 9.17) is 14.2 Å². The molecule has 9 heteroatoms. The normalized spacial score (nSPS) is 14.8. The van der Waals surface area contributed by atoms with Crippen molar-refractivity contribution >= 4 is 32.9 Å². The summed E-state index contributed by atoms with van der Waals surface area (Å²) >= 11 is 0. The first-order valence-corrected chi connectivity index (χ1v) is 10.7. The summed E-state index contributed by atoms with van der Waals surface area (Å²) in [6.45, 7) is 3.45. The summed E-state index contributed by atoms with van der Waals surface area (Å²) in [6, 6.07) is 10.1. The van der Waals surface area contributed by atoms with E-state index in [-0.39, 0.29) is 11.4 Å². The molecule has 0 fully saturated rings. The van der Waals surface area contributed by atoms with Gasteiger partial charge in [-0.1, -0.05) is 12.1 Å². The fourth-order valence-corrected chi connectivity index (χ4v) is 5.24. The molecule has 3 rings (SSSR count). The number of benzene rings is 2. The van der Waals surface area contributed by atoms with Gasteiger partial charge in [-0.2, -0.15) is 0 Å². The summed E-state index contributed by atoms with van der Waals surface area (Å²) in [5.74, 6) is 0.530. The van der Waals surface area contributed by atoms with Crippen LogP contribution in [0.5, 0.6) is 17.2 Å². The summed E-state index contributed by atoms with van der Waals surface area (Å²) in [6.07, 6.45) is 0. The van der Waals surface area contributed by atoms with E-state index in [1.54, 1.807) is 50.2 Å². The van der Waals surface area contributed by atoms with Crippen LogP contribution < -0.4 is 23.8 Å². The van der Waals surface area contributed by atoms with Gasteiger partial charge in [-0.3, -0.25) is 9.10 Å².